The Morgan fingerprint density at radius 3 is 2.80 bits per heavy atom. The first-order valence-corrected chi connectivity index (χ1v) is 7.42. The minimum absolute atomic E-state index is 0.0204. The number of halogens is 4. The number of rotatable bonds is 2. The maximum Gasteiger partial charge on any atom is 0.225 e. The molecule has 0 aliphatic carbocycles. The van der Waals surface area contributed by atoms with Gasteiger partial charge in [-0.2, -0.15) is 4.98 Å². The van der Waals surface area contributed by atoms with Gasteiger partial charge in [-0.3, -0.25) is 0 Å². The van der Waals surface area contributed by atoms with Gasteiger partial charge in [0.2, 0.25) is 5.28 Å². The number of anilines is 2. The molecule has 3 rings (SSSR count). The van der Waals surface area contributed by atoms with Gasteiger partial charge in [-0.25, -0.2) is 13.8 Å². The Hall–Kier alpha value is -1.31. The van der Waals surface area contributed by atoms with Crippen LogP contribution in [0, 0.1) is 11.6 Å². The van der Waals surface area contributed by atoms with E-state index in [0.29, 0.717) is 16.0 Å². The maximum absolute atomic E-state index is 13.8. The minimum atomic E-state index is -0.601. The van der Waals surface area contributed by atoms with Crippen molar-refractivity contribution < 1.29 is 8.78 Å². The molecule has 0 fully saturated rings. The standard InChI is InChI=1S/C12H5BrClF2N3S/c13-6-3-8(16)9(4-7(6)15)17-10-5-1-2-20-11(5)19-12(14)18-10/h1-4H,(H,17,18,19). The van der Waals surface area contributed by atoms with Crippen molar-refractivity contribution >= 4 is 60.6 Å². The molecule has 0 radical (unpaired) electrons. The van der Waals surface area contributed by atoms with E-state index >= 15 is 0 Å². The third-order valence-corrected chi connectivity index (χ3v) is 4.14. The highest BCUT2D eigenvalue weighted by atomic mass is 79.9. The van der Waals surface area contributed by atoms with Gasteiger partial charge in [-0.15, -0.1) is 11.3 Å². The molecular formula is C12H5BrClF2N3S. The number of fused-ring (bicyclic) bond motifs is 1. The number of hydrogen-bond acceptors (Lipinski definition) is 4. The summed E-state index contributed by atoms with van der Waals surface area (Å²) in [5.41, 5.74) is -0.0204. The summed E-state index contributed by atoms with van der Waals surface area (Å²) in [4.78, 5) is 8.73. The molecule has 102 valence electrons. The van der Waals surface area contributed by atoms with E-state index in [1.165, 1.54) is 11.3 Å². The summed E-state index contributed by atoms with van der Waals surface area (Å²) in [7, 11) is 0. The molecule has 0 saturated heterocycles. The smallest absolute Gasteiger partial charge is 0.225 e. The molecule has 0 amide bonds. The predicted octanol–water partition coefficient (Wildman–Crippen LogP) is 5.13. The molecule has 0 unspecified atom stereocenters. The van der Waals surface area contributed by atoms with Crippen LogP contribution in [0.5, 0.6) is 0 Å². The van der Waals surface area contributed by atoms with E-state index in [2.05, 4.69) is 31.2 Å². The van der Waals surface area contributed by atoms with E-state index in [-0.39, 0.29) is 15.4 Å². The molecule has 8 heteroatoms. The summed E-state index contributed by atoms with van der Waals surface area (Å²) >= 11 is 10.1. The van der Waals surface area contributed by atoms with Crippen LogP contribution in [-0.4, -0.2) is 9.97 Å². The first-order chi connectivity index (χ1) is 9.54. The zero-order valence-electron chi connectivity index (χ0n) is 9.62. The third kappa shape index (κ3) is 2.48. The van der Waals surface area contributed by atoms with Crippen molar-refractivity contribution in [1.82, 2.24) is 9.97 Å². The average molecular weight is 377 g/mol. The highest BCUT2D eigenvalue weighted by Gasteiger charge is 2.12. The monoisotopic (exact) mass is 375 g/mol. The lowest BCUT2D eigenvalue weighted by molar-refractivity contribution is 0.598. The second-order valence-corrected chi connectivity index (χ2v) is 5.94. The summed E-state index contributed by atoms with van der Waals surface area (Å²) in [6.07, 6.45) is 0. The van der Waals surface area contributed by atoms with Gasteiger partial charge < -0.3 is 5.32 Å². The highest BCUT2D eigenvalue weighted by molar-refractivity contribution is 9.10. The fourth-order valence-corrected chi connectivity index (χ4v) is 2.97. The zero-order chi connectivity index (χ0) is 14.3. The van der Waals surface area contributed by atoms with E-state index < -0.39 is 11.6 Å². The van der Waals surface area contributed by atoms with Crippen LogP contribution in [0.3, 0.4) is 0 Å². The normalized spacial score (nSPS) is 11.0. The predicted molar refractivity (Wildman–Crippen MR) is 79.8 cm³/mol. The van der Waals surface area contributed by atoms with Gasteiger partial charge >= 0.3 is 0 Å². The van der Waals surface area contributed by atoms with Crippen molar-refractivity contribution in [1.29, 1.82) is 0 Å². The van der Waals surface area contributed by atoms with Crippen LogP contribution >= 0.6 is 38.9 Å². The molecule has 3 aromatic rings. The van der Waals surface area contributed by atoms with E-state index in [0.717, 1.165) is 12.1 Å². The first-order valence-electron chi connectivity index (χ1n) is 5.37. The molecule has 0 atom stereocenters. The maximum atomic E-state index is 13.8. The Morgan fingerprint density at radius 1 is 1.20 bits per heavy atom. The van der Waals surface area contributed by atoms with Crippen LogP contribution in [0.25, 0.3) is 10.2 Å². The van der Waals surface area contributed by atoms with Crippen molar-refractivity contribution in [2.75, 3.05) is 5.32 Å². The van der Waals surface area contributed by atoms with Gasteiger partial charge in [0.25, 0.3) is 0 Å². The Labute approximate surface area is 129 Å². The number of aromatic nitrogens is 2. The Morgan fingerprint density at radius 2 is 2.00 bits per heavy atom. The van der Waals surface area contributed by atoms with Crippen LogP contribution < -0.4 is 5.32 Å². The van der Waals surface area contributed by atoms with Gasteiger partial charge in [0.05, 0.1) is 15.5 Å². The number of nitrogens with zero attached hydrogens (tertiary/aromatic N) is 2. The number of thiophene rings is 1. The van der Waals surface area contributed by atoms with Crippen molar-refractivity contribution in [3.63, 3.8) is 0 Å². The summed E-state index contributed by atoms with van der Waals surface area (Å²) in [6, 6.07) is 3.88. The van der Waals surface area contributed by atoms with Gasteiger partial charge in [0.1, 0.15) is 22.3 Å². The Bertz CT molecular complexity index is 809. The summed E-state index contributed by atoms with van der Waals surface area (Å²) in [5.74, 6) is -0.839. The zero-order valence-corrected chi connectivity index (χ0v) is 12.8. The van der Waals surface area contributed by atoms with Gasteiger partial charge in [0.15, 0.2) is 0 Å². The van der Waals surface area contributed by atoms with Crippen molar-refractivity contribution in [2.24, 2.45) is 0 Å². The van der Waals surface area contributed by atoms with Crippen LogP contribution in [-0.2, 0) is 0 Å². The van der Waals surface area contributed by atoms with Crippen LogP contribution in [0.4, 0.5) is 20.3 Å². The van der Waals surface area contributed by atoms with Crippen molar-refractivity contribution in [2.45, 2.75) is 0 Å². The van der Waals surface area contributed by atoms with Crippen LogP contribution in [0.15, 0.2) is 28.1 Å². The van der Waals surface area contributed by atoms with Gasteiger partial charge in [-0.05, 0) is 45.0 Å². The molecule has 3 nitrogen and oxygen atoms in total. The summed E-state index contributed by atoms with van der Waals surface area (Å²) in [6.45, 7) is 0. The molecule has 1 aromatic carbocycles. The Kier molecular flexibility index (Phi) is 3.57. The molecular weight excluding hydrogens is 372 g/mol. The fraction of sp³-hybridized carbons (Fsp3) is 0. The molecule has 20 heavy (non-hydrogen) atoms. The third-order valence-electron chi connectivity index (χ3n) is 2.56. The molecule has 0 aliphatic rings. The topological polar surface area (TPSA) is 37.8 Å². The molecule has 0 spiro atoms. The van der Waals surface area contributed by atoms with E-state index in [1.807, 2.05) is 5.38 Å². The number of benzene rings is 1. The molecule has 0 saturated carbocycles. The molecule has 0 aliphatic heterocycles. The van der Waals surface area contributed by atoms with Gasteiger partial charge in [-0.1, -0.05) is 0 Å². The summed E-state index contributed by atoms with van der Waals surface area (Å²) in [5, 5.41) is 5.30. The van der Waals surface area contributed by atoms with Crippen LogP contribution in [0.2, 0.25) is 5.28 Å². The largest absolute Gasteiger partial charge is 0.337 e. The molecule has 2 aromatic heterocycles. The van der Waals surface area contributed by atoms with E-state index in [1.54, 1.807) is 6.07 Å². The lowest BCUT2D eigenvalue weighted by Gasteiger charge is -2.09. The first kappa shape index (κ1) is 13.7. The molecule has 0 bridgehead atoms. The highest BCUT2D eigenvalue weighted by Crippen LogP contribution is 2.31. The average Bonchev–Trinajstić information content (AvgIpc) is 2.84. The fourth-order valence-electron chi connectivity index (χ4n) is 1.67. The minimum Gasteiger partial charge on any atom is -0.337 e. The van der Waals surface area contributed by atoms with Gasteiger partial charge in [0, 0.05) is 6.07 Å². The van der Waals surface area contributed by atoms with E-state index in [9.17, 15) is 8.78 Å². The quantitative estimate of drug-likeness (QED) is 0.498. The second-order valence-electron chi connectivity index (χ2n) is 3.85. The number of nitrogens with one attached hydrogen (secondary N) is 1. The lowest BCUT2D eigenvalue weighted by atomic mass is 10.3. The lowest BCUT2D eigenvalue weighted by Crippen LogP contribution is -1.99. The SMILES string of the molecule is Fc1cc(Nc2nc(Cl)nc3sccc23)c(F)cc1Br. The Balaban J connectivity index is 2.09. The van der Waals surface area contributed by atoms with Crippen molar-refractivity contribution in [3.05, 3.63) is 45.0 Å². The van der Waals surface area contributed by atoms with Crippen molar-refractivity contribution in [3.8, 4) is 0 Å². The number of hydrogen-bond donors (Lipinski definition) is 1. The summed E-state index contributed by atoms with van der Waals surface area (Å²) < 4.78 is 27.4. The van der Waals surface area contributed by atoms with Crippen LogP contribution in [0.1, 0.15) is 0 Å². The van der Waals surface area contributed by atoms with E-state index in [4.69, 9.17) is 11.6 Å². The second kappa shape index (κ2) is 5.23. The molecule has 1 N–H and O–H groups in total. The molecule has 2 heterocycles.